The van der Waals surface area contributed by atoms with Gasteiger partial charge in [0, 0.05) is 75.1 Å². The van der Waals surface area contributed by atoms with Gasteiger partial charge in [0.2, 0.25) is 0 Å². The van der Waals surface area contributed by atoms with E-state index in [0.717, 1.165) is 47.5 Å². The highest BCUT2D eigenvalue weighted by molar-refractivity contribution is 9.09. The number of aromatic nitrogens is 2. The highest BCUT2D eigenvalue weighted by atomic mass is 33.5. The molecule has 2 atom stereocenters. The van der Waals surface area contributed by atoms with Crippen LogP contribution >= 0.6 is 54.1 Å². The van der Waals surface area contributed by atoms with Gasteiger partial charge in [0.15, 0.2) is 0 Å². The number of benzene rings is 2. The van der Waals surface area contributed by atoms with E-state index in [1.165, 1.54) is 122 Å². The fourth-order valence-corrected chi connectivity index (χ4v) is 20.6. The summed E-state index contributed by atoms with van der Waals surface area (Å²) in [6.07, 6.45) is 22.7. The van der Waals surface area contributed by atoms with Crippen molar-refractivity contribution >= 4 is 92.1 Å². The topological polar surface area (TPSA) is 81.2 Å². The summed E-state index contributed by atoms with van der Waals surface area (Å²) < 4.78 is 38.9. The predicted octanol–water partition coefficient (Wildman–Crippen LogP) is 16.9. The van der Waals surface area contributed by atoms with E-state index in [-0.39, 0.29) is 0 Å². The molecule has 0 N–H and O–H groups in total. The van der Waals surface area contributed by atoms with E-state index >= 15 is 0 Å². The second kappa shape index (κ2) is 34.7. The third-order valence-electron chi connectivity index (χ3n) is 11.7. The molecule has 4 rings (SSSR count). The second-order valence-electron chi connectivity index (χ2n) is 16.8. The zero-order chi connectivity index (χ0) is 46.3. The lowest BCUT2D eigenvalue weighted by Gasteiger charge is -2.28. The molecule has 0 aliphatic rings. The molecule has 15 heteroatoms. The summed E-state index contributed by atoms with van der Waals surface area (Å²) in [6, 6.07) is 19.2. The molecule has 0 bridgehead atoms. The molecule has 2 unspecified atom stereocenters. The number of thiazole rings is 2. The smallest absolute Gasteiger partial charge is 0.374 e. The maximum Gasteiger partial charge on any atom is 0.500 e. The summed E-state index contributed by atoms with van der Waals surface area (Å²) >= 11 is 3.81. The Bertz CT molecular complexity index is 1560. The SMILES string of the molecule is CCO[Si](CCCCCCCCCCC(CSSSCC(CCCCCCCCCC[Si](OCC)(OCC)OCC)c1nc2ccccc2s1)c1nc2ccccc2s1)(OCC)OCC. The van der Waals surface area contributed by atoms with E-state index in [2.05, 4.69) is 48.5 Å². The highest BCUT2D eigenvalue weighted by Gasteiger charge is 2.40. The average molecular weight is 1030 g/mol. The highest BCUT2D eigenvalue weighted by Crippen LogP contribution is 2.44. The van der Waals surface area contributed by atoms with Crippen molar-refractivity contribution in [3.05, 3.63) is 58.5 Å². The van der Waals surface area contributed by atoms with Crippen LogP contribution in [0.2, 0.25) is 12.1 Å². The van der Waals surface area contributed by atoms with Gasteiger partial charge in [-0.25, -0.2) is 9.97 Å². The van der Waals surface area contributed by atoms with E-state index in [9.17, 15) is 0 Å². The van der Waals surface area contributed by atoms with Crippen LogP contribution in [-0.2, 0) is 26.6 Å². The molecule has 2 aromatic heterocycles. The van der Waals surface area contributed by atoms with Crippen molar-refractivity contribution in [2.75, 3.05) is 51.1 Å². The van der Waals surface area contributed by atoms with Crippen molar-refractivity contribution in [3.63, 3.8) is 0 Å². The molecule has 4 aromatic rings. The first-order valence-corrected chi connectivity index (χ1v) is 34.7. The van der Waals surface area contributed by atoms with Gasteiger partial charge in [-0.2, -0.15) is 0 Å². The van der Waals surface area contributed by atoms with Gasteiger partial charge >= 0.3 is 17.6 Å². The third kappa shape index (κ3) is 21.6. The van der Waals surface area contributed by atoms with Crippen LogP contribution in [-0.4, -0.2) is 78.7 Å². The standard InChI is InChI=1S/C50H84N2O6S5Si2/c1-7-53-64(54-8-2,55-9-3)39-31-23-19-15-13-17-21-25-33-43(49-51-45-35-27-29-37-47(45)61-49)41-59-63-60-42-44(50-52-46-36-28-30-38-48(46)62-50)34-26-22-18-14-16-20-24-32-40-65(56-10-4,57-11-5)58-12-6/h27-30,35-38,43-44H,7-26,31-34,39-42H2,1-6H3. The van der Waals surface area contributed by atoms with Gasteiger partial charge in [-0.3, -0.25) is 0 Å². The minimum Gasteiger partial charge on any atom is -0.374 e. The summed E-state index contributed by atoms with van der Waals surface area (Å²) in [6.45, 7) is 16.2. The van der Waals surface area contributed by atoms with Crippen LogP contribution < -0.4 is 0 Å². The molecule has 2 heterocycles. The molecule has 0 fully saturated rings. The van der Waals surface area contributed by atoms with E-state index in [1.54, 1.807) is 0 Å². The van der Waals surface area contributed by atoms with Crippen LogP contribution in [0.4, 0.5) is 0 Å². The van der Waals surface area contributed by atoms with Crippen molar-refractivity contribution in [3.8, 4) is 0 Å². The normalized spacial score (nSPS) is 13.4. The Morgan fingerprint density at radius 3 is 1.06 bits per heavy atom. The lowest BCUT2D eigenvalue weighted by molar-refractivity contribution is 0.0698. The maximum absolute atomic E-state index is 6.05. The molecule has 65 heavy (non-hydrogen) atoms. The van der Waals surface area contributed by atoms with E-state index < -0.39 is 17.6 Å². The molecule has 0 radical (unpaired) electrons. The Kier molecular flexibility index (Phi) is 30.5. The number of fused-ring (bicyclic) bond motifs is 2. The second-order valence-corrected chi connectivity index (χ2v) is 28.7. The van der Waals surface area contributed by atoms with Crippen LogP contribution in [0.15, 0.2) is 48.5 Å². The van der Waals surface area contributed by atoms with Gasteiger partial charge < -0.3 is 26.6 Å². The molecule has 0 amide bonds. The molecule has 0 spiro atoms. The minimum absolute atomic E-state index is 0.492. The van der Waals surface area contributed by atoms with Gasteiger partial charge in [0.1, 0.15) is 0 Å². The number of rotatable bonds is 42. The minimum atomic E-state index is -2.51. The Labute approximate surface area is 416 Å². The molecule has 0 aliphatic heterocycles. The van der Waals surface area contributed by atoms with Crippen molar-refractivity contribution < 1.29 is 26.6 Å². The number of unbranched alkanes of at least 4 members (excludes halogenated alkanes) is 14. The summed E-state index contributed by atoms with van der Waals surface area (Å²) in [4.78, 5) is 10.3. The maximum atomic E-state index is 6.05. The molecular weight excluding hydrogens is 941 g/mol. The van der Waals surface area contributed by atoms with Crippen LogP contribution in [0.3, 0.4) is 0 Å². The summed E-state index contributed by atoms with van der Waals surface area (Å²) in [5, 5.41) is 2.63. The van der Waals surface area contributed by atoms with E-state index in [0.29, 0.717) is 51.5 Å². The van der Waals surface area contributed by atoms with E-state index in [4.69, 9.17) is 36.5 Å². The fraction of sp³-hybridized carbons (Fsp3) is 0.720. The van der Waals surface area contributed by atoms with Crippen molar-refractivity contribution in [2.45, 2.75) is 181 Å². The third-order valence-corrected chi connectivity index (χ3v) is 24.8. The number of nitrogens with zero attached hydrogens (tertiary/aromatic N) is 2. The zero-order valence-corrected chi connectivity index (χ0v) is 47.0. The van der Waals surface area contributed by atoms with Crippen LogP contribution in [0.5, 0.6) is 0 Å². The first-order chi connectivity index (χ1) is 31.9. The molecule has 8 nitrogen and oxygen atoms in total. The van der Waals surface area contributed by atoms with Crippen molar-refractivity contribution in [1.82, 2.24) is 9.97 Å². The number of hydrogen-bond donors (Lipinski definition) is 0. The Hall–Kier alpha value is -0.536. The largest absolute Gasteiger partial charge is 0.500 e. The molecule has 0 aliphatic carbocycles. The zero-order valence-electron chi connectivity index (χ0n) is 41.0. The number of para-hydroxylation sites is 2. The van der Waals surface area contributed by atoms with Crippen LogP contribution in [0.25, 0.3) is 20.4 Å². The summed E-state index contributed by atoms with van der Waals surface area (Å²) in [5.74, 6) is 3.19. The van der Waals surface area contributed by atoms with Gasteiger partial charge in [-0.1, -0.05) is 136 Å². The lowest BCUT2D eigenvalue weighted by Crippen LogP contribution is -2.45. The lowest BCUT2D eigenvalue weighted by atomic mass is 10.0. The quantitative estimate of drug-likeness (QED) is 0.0242. The monoisotopic (exact) mass is 1020 g/mol. The Balaban J connectivity index is 1.17. The van der Waals surface area contributed by atoms with Crippen molar-refractivity contribution in [1.29, 1.82) is 0 Å². The summed E-state index contributed by atoms with van der Waals surface area (Å²) in [7, 11) is 1.04. The predicted molar refractivity (Wildman–Crippen MR) is 291 cm³/mol. The first-order valence-electron chi connectivity index (χ1n) is 25.4. The number of hydrogen-bond acceptors (Lipinski definition) is 13. The Morgan fingerprint density at radius 1 is 0.431 bits per heavy atom. The Morgan fingerprint density at radius 2 is 0.738 bits per heavy atom. The van der Waals surface area contributed by atoms with Gasteiger partial charge in [0.05, 0.1) is 30.4 Å². The van der Waals surface area contributed by atoms with E-state index in [1.807, 2.05) is 95.6 Å². The molecule has 2 aromatic carbocycles. The molecule has 368 valence electrons. The summed E-state index contributed by atoms with van der Waals surface area (Å²) in [5.41, 5.74) is 2.29. The van der Waals surface area contributed by atoms with Gasteiger partial charge in [-0.15, -0.1) is 22.7 Å². The van der Waals surface area contributed by atoms with Crippen LogP contribution in [0.1, 0.15) is 179 Å². The van der Waals surface area contributed by atoms with Gasteiger partial charge in [-0.05, 0) is 101 Å². The van der Waals surface area contributed by atoms with Crippen LogP contribution in [0, 0.1) is 0 Å². The first kappa shape index (κ1) is 57.0. The fourth-order valence-electron chi connectivity index (χ4n) is 8.53. The average Bonchev–Trinajstić information content (AvgIpc) is 3.94. The van der Waals surface area contributed by atoms with Crippen molar-refractivity contribution in [2.24, 2.45) is 0 Å². The molecule has 0 saturated carbocycles. The van der Waals surface area contributed by atoms with Gasteiger partial charge in [0.25, 0.3) is 0 Å². The molecular formula is C50H84N2O6S5Si2. The molecule has 0 saturated heterocycles.